The third kappa shape index (κ3) is 2.34. The van der Waals surface area contributed by atoms with Crippen LogP contribution in [0.1, 0.15) is 11.8 Å². The van der Waals surface area contributed by atoms with E-state index in [2.05, 4.69) is 0 Å². The highest BCUT2D eigenvalue weighted by atomic mass is 16.7. The Labute approximate surface area is 167 Å². The summed E-state index contributed by atoms with van der Waals surface area (Å²) in [7, 11) is 6.58. The molecule has 3 aromatic carbocycles. The molecule has 0 saturated heterocycles. The summed E-state index contributed by atoms with van der Waals surface area (Å²) in [6.07, 6.45) is -0.951. The van der Waals surface area contributed by atoms with Crippen LogP contribution < -0.4 is 28.6 Å². The van der Waals surface area contributed by atoms with E-state index in [0.717, 1.165) is 33.3 Å². The molecule has 2 aliphatic rings. The molecule has 7 nitrogen and oxygen atoms in total. The van der Waals surface area contributed by atoms with Gasteiger partial charge in [-0.1, -0.05) is 12.1 Å². The average Bonchev–Trinajstić information content (AvgIpc) is 3.20. The molecule has 0 radical (unpaired) electrons. The van der Waals surface area contributed by atoms with E-state index in [-0.39, 0.29) is 6.79 Å². The van der Waals surface area contributed by atoms with Gasteiger partial charge in [-0.3, -0.25) is 0 Å². The molecule has 0 unspecified atom stereocenters. The number of nitrogens with zero attached hydrogens (tertiary/aromatic N) is 1. The Morgan fingerprint density at radius 1 is 0.966 bits per heavy atom. The molecule has 0 saturated carbocycles. The zero-order valence-electron chi connectivity index (χ0n) is 16.6. The van der Waals surface area contributed by atoms with Gasteiger partial charge in [0, 0.05) is 29.6 Å². The van der Waals surface area contributed by atoms with E-state index >= 15 is 0 Å². The molecular weight excluding hydrogens is 374 g/mol. The summed E-state index contributed by atoms with van der Waals surface area (Å²) < 4.78 is 27.8. The Kier molecular flexibility index (Phi) is 3.89. The standard InChI is InChI=1S/C22H21NO6/c1-23-20-12(6-5-11-7-14-15(8-13(11)20)29-10-28-14)18-16(25-2)9-17(26-3)21(27-4)19(18)22(23)24/h5-9,22,24H,10H2,1-4H3/t22-/m1/s1. The van der Waals surface area contributed by atoms with Gasteiger partial charge < -0.3 is 33.7 Å². The molecule has 150 valence electrons. The van der Waals surface area contributed by atoms with Crippen LogP contribution in [0.15, 0.2) is 30.3 Å². The maximum absolute atomic E-state index is 11.3. The van der Waals surface area contributed by atoms with E-state index in [1.54, 1.807) is 27.4 Å². The number of ether oxygens (including phenoxy) is 5. The summed E-state index contributed by atoms with van der Waals surface area (Å²) in [6, 6.07) is 9.75. The first kappa shape index (κ1) is 17.8. The van der Waals surface area contributed by atoms with Crippen LogP contribution in [0.5, 0.6) is 28.7 Å². The molecule has 29 heavy (non-hydrogen) atoms. The smallest absolute Gasteiger partial charge is 0.231 e. The van der Waals surface area contributed by atoms with Crippen molar-refractivity contribution in [2.45, 2.75) is 6.23 Å². The van der Waals surface area contributed by atoms with Gasteiger partial charge in [0.1, 0.15) is 5.75 Å². The third-order valence-electron chi connectivity index (χ3n) is 5.62. The number of fused-ring (bicyclic) bond motifs is 6. The highest BCUT2D eigenvalue weighted by Gasteiger charge is 2.36. The minimum Gasteiger partial charge on any atom is -0.496 e. The number of methoxy groups -OCH3 is 3. The van der Waals surface area contributed by atoms with Gasteiger partial charge in [0.05, 0.1) is 32.6 Å². The van der Waals surface area contributed by atoms with Gasteiger partial charge in [-0.2, -0.15) is 0 Å². The summed E-state index contributed by atoms with van der Waals surface area (Å²) >= 11 is 0. The second-order valence-corrected chi connectivity index (χ2v) is 6.98. The quantitative estimate of drug-likeness (QED) is 0.725. The Bertz CT molecular complexity index is 1140. The SMILES string of the molecule is COc1cc(OC)c2c(c1OC)[C@@H](O)N(C)c1c-2ccc2cc3c(cc12)OCO3. The highest BCUT2D eigenvalue weighted by Crippen LogP contribution is 2.56. The predicted octanol–water partition coefficient (Wildman–Crippen LogP) is 3.70. The molecule has 0 bridgehead atoms. The van der Waals surface area contributed by atoms with Gasteiger partial charge in [-0.25, -0.2) is 0 Å². The molecule has 2 heterocycles. The van der Waals surface area contributed by atoms with Crippen molar-refractivity contribution in [3.63, 3.8) is 0 Å². The molecule has 0 amide bonds. The Morgan fingerprint density at radius 2 is 1.69 bits per heavy atom. The second-order valence-electron chi connectivity index (χ2n) is 6.98. The van der Waals surface area contributed by atoms with E-state index in [1.165, 1.54) is 0 Å². The lowest BCUT2D eigenvalue weighted by molar-refractivity contribution is 0.171. The summed E-state index contributed by atoms with van der Waals surface area (Å²) in [5.74, 6) is 3.01. The number of benzene rings is 3. The second kappa shape index (κ2) is 6.35. The fraction of sp³-hybridized carbons (Fsp3) is 0.273. The van der Waals surface area contributed by atoms with E-state index < -0.39 is 6.23 Å². The van der Waals surface area contributed by atoms with Gasteiger partial charge in [-0.15, -0.1) is 0 Å². The van der Waals surface area contributed by atoms with Crippen molar-refractivity contribution in [3.05, 3.63) is 35.9 Å². The third-order valence-corrected chi connectivity index (χ3v) is 5.62. The Balaban J connectivity index is 1.88. The lowest BCUT2D eigenvalue weighted by Gasteiger charge is -2.37. The predicted molar refractivity (Wildman–Crippen MR) is 109 cm³/mol. The van der Waals surface area contributed by atoms with Crippen LogP contribution in [0.2, 0.25) is 0 Å². The van der Waals surface area contributed by atoms with E-state index in [9.17, 15) is 5.11 Å². The van der Waals surface area contributed by atoms with Gasteiger partial charge in [-0.05, 0) is 17.5 Å². The van der Waals surface area contributed by atoms with Gasteiger partial charge in [0.2, 0.25) is 6.79 Å². The molecule has 0 spiro atoms. The summed E-state index contributed by atoms with van der Waals surface area (Å²) in [5, 5.41) is 13.2. The fourth-order valence-corrected chi connectivity index (χ4v) is 4.28. The number of hydrogen-bond donors (Lipinski definition) is 1. The van der Waals surface area contributed by atoms with Crippen LogP contribution >= 0.6 is 0 Å². The van der Waals surface area contributed by atoms with Crippen molar-refractivity contribution in [1.82, 2.24) is 0 Å². The van der Waals surface area contributed by atoms with Crippen molar-refractivity contribution in [1.29, 1.82) is 0 Å². The summed E-state index contributed by atoms with van der Waals surface area (Å²) in [6.45, 7) is 0.208. The maximum atomic E-state index is 11.3. The average molecular weight is 395 g/mol. The van der Waals surface area contributed by atoms with Crippen LogP contribution in [0.4, 0.5) is 5.69 Å². The minimum absolute atomic E-state index is 0.208. The van der Waals surface area contributed by atoms with Crippen molar-refractivity contribution in [2.24, 2.45) is 0 Å². The molecule has 0 aromatic heterocycles. The number of aliphatic hydroxyl groups excluding tert-OH is 1. The first-order valence-electron chi connectivity index (χ1n) is 9.19. The molecule has 3 aromatic rings. The van der Waals surface area contributed by atoms with Crippen LogP contribution in [-0.2, 0) is 0 Å². The van der Waals surface area contributed by atoms with Crippen LogP contribution in [-0.4, -0.2) is 40.3 Å². The zero-order chi connectivity index (χ0) is 20.3. The molecule has 5 rings (SSSR count). The molecule has 2 aliphatic heterocycles. The Morgan fingerprint density at radius 3 is 2.38 bits per heavy atom. The first-order valence-corrected chi connectivity index (χ1v) is 9.19. The topological polar surface area (TPSA) is 69.6 Å². The van der Waals surface area contributed by atoms with Gasteiger partial charge in [0.25, 0.3) is 0 Å². The minimum atomic E-state index is -0.951. The molecular formula is C22H21NO6. The van der Waals surface area contributed by atoms with E-state index in [0.29, 0.717) is 28.6 Å². The van der Waals surface area contributed by atoms with Crippen molar-refractivity contribution >= 4 is 16.5 Å². The highest BCUT2D eigenvalue weighted by molar-refractivity contribution is 6.06. The van der Waals surface area contributed by atoms with E-state index in [4.69, 9.17) is 23.7 Å². The van der Waals surface area contributed by atoms with Gasteiger partial charge >= 0.3 is 0 Å². The van der Waals surface area contributed by atoms with Crippen LogP contribution in [0.25, 0.3) is 21.9 Å². The lowest BCUT2D eigenvalue weighted by Crippen LogP contribution is -2.29. The summed E-state index contributed by atoms with van der Waals surface area (Å²) in [5.41, 5.74) is 3.20. The lowest BCUT2D eigenvalue weighted by atomic mass is 9.88. The molecule has 1 N–H and O–H groups in total. The van der Waals surface area contributed by atoms with Crippen molar-refractivity contribution in [3.8, 4) is 39.9 Å². The largest absolute Gasteiger partial charge is 0.496 e. The molecule has 7 heteroatoms. The normalized spacial score (nSPS) is 16.4. The first-order chi connectivity index (χ1) is 14.1. The van der Waals surface area contributed by atoms with Crippen molar-refractivity contribution in [2.75, 3.05) is 40.1 Å². The maximum Gasteiger partial charge on any atom is 0.231 e. The monoisotopic (exact) mass is 395 g/mol. The number of anilines is 1. The Hall–Kier alpha value is -3.32. The van der Waals surface area contributed by atoms with Crippen LogP contribution in [0.3, 0.4) is 0 Å². The fourth-order valence-electron chi connectivity index (χ4n) is 4.28. The molecule has 0 fully saturated rings. The molecule has 1 atom stereocenters. The van der Waals surface area contributed by atoms with E-state index in [1.807, 2.05) is 36.2 Å². The van der Waals surface area contributed by atoms with Crippen molar-refractivity contribution < 1.29 is 28.8 Å². The van der Waals surface area contributed by atoms with Gasteiger partial charge in [0.15, 0.2) is 29.2 Å². The number of rotatable bonds is 3. The number of hydrogen-bond acceptors (Lipinski definition) is 7. The van der Waals surface area contributed by atoms with Crippen LogP contribution in [0, 0.1) is 0 Å². The summed E-state index contributed by atoms with van der Waals surface area (Å²) in [4.78, 5) is 1.82. The number of aliphatic hydroxyl groups is 1. The molecule has 0 aliphatic carbocycles. The zero-order valence-corrected chi connectivity index (χ0v) is 16.6.